The maximum absolute atomic E-state index is 13.3. The number of hydrogen-bond donors (Lipinski definition) is 1. The number of nitrogens with one attached hydrogen (secondary N) is 1. The van der Waals surface area contributed by atoms with Gasteiger partial charge in [0.1, 0.15) is 17.8 Å². The summed E-state index contributed by atoms with van der Waals surface area (Å²) in [5.74, 6) is 0.139. The molecular weight excluding hydrogens is 426 g/mol. The number of ketones is 1. The molecule has 0 spiro atoms. The van der Waals surface area contributed by atoms with Crippen LogP contribution in [0.15, 0.2) is 59.7 Å². The van der Waals surface area contributed by atoms with Gasteiger partial charge in [-0.2, -0.15) is 10.4 Å². The zero-order valence-electron chi connectivity index (χ0n) is 17.4. The molecule has 1 N–H and O–H groups in total. The topological polar surface area (TPSA) is 106 Å². The molecule has 2 atom stereocenters. The molecule has 1 saturated heterocycles. The van der Waals surface area contributed by atoms with Crippen molar-refractivity contribution in [3.8, 4) is 6.07 Å². The Bertz CT molecular complexity index is 1110. The predicted molar refractivity (Wildman–Crippen MR) is 123 cm³/mol. The first-order valence-electron chi connectivity index (χ1n) is 10.1. The van der Waals surface area contributed by atoms with E-state index in [0.29, 0.717) is 22.9 Å². The summed E-state index contributed by atoms with van der Waals surface area (Å²) in [6.07, 6.45) is 0.203. The van der Waals surface area contributed by atoms with Gasteiger partial charge in [0.15, 0.2) is 5.78 Å². The van der Waals surface area contributed by atoms with Crippen LogP contribution in [0.3, 0.4) is 0 Å². The van der Waals surface area contributed by atoms with Gasteiger partial charge in [-0.15, -0.1) is 11.8 Å². The van der Waals surface area contributed by atoms with Gasteiger partial charge in [-0.3, -0.25) is 19.4 Å². The molecule has 162 valence electrons. The molecule has 2 amide bonds. The average molecular weight is 448 g/mol. The number of thioether (sulfide) groups is 1. The van der Waals surface area contributed by atoms with Crippen LogP contribution in [0.5, 0.6) is 0 Å². The molecular formula is C23H21N5O3S. The first-order valence-corrected chi connectivity index (χ1v) is 11.3. The van der Waals surface area contributed by atoms with Gasteiger partial charge in [-0.25, -0.2) is 0 Å². The lowest BCUT2D eigenvalue weighted by Gasteiger charge is -2.22. The number of benzene rings is 2. The zero-order chi connectivity index (χ0) is 22.7. The van der Waals surface area contributed by atoms with Crippen LogP contribution < -0.4 is 10.3 Å². The second-order valence-electron chi connectivity index (χ2n) is 7.53. The van der Waals surface area contributed by atoms with Crippen molar-refractivity contribution in [3.05, 3.63) is 60.2 Å². The second kappa shape index (κ2) is 9.24. The predicted octanol–water partition coefficient (Wildman–Crippen LogP) is 2.62. The Kier molecular flexibility index (Phi) is 6.23. The highest BCUT2D eigenvalue weighted by atomic mass is 32.2. The smallest absolute Gasteiger partial charge is 0.271 e. The summed E-state index contributed by atoms with van der Waals surface area (Å²) in [5.41, 5.74) is 2.07. The number of carbonyl (C=O) groups is 3. The summed E-state index contributed by atoms with van der Waals surface area (Å²) < 4.78 is 0. The van der Waals surface area contributed by atoms with Crippen LogP contribution in [-0.4, -0.2) is 51.9 Å². The zero-order valence-corrected chi connectivity index (χ0v) is 18.2. The first kappa shape index (κ1) is 21.6. The van der Waals surface area contributed by atoms with Crippen molar-refractivity contribution in [3.63, 3.8) is 0 Å². The van der Waals surface area contributed by atoms with Crippen molar-refractivity contribution >= 4 is 46.4 Å². The number of Topliss-reactive ketones (excluding diaryl/α,β-unsaturated/α-hetero) is 1. The van der Waals surface area contributed by atoms with Crippen LogP contribution in [-0.2, 0) is 14.4 Å². The second-order valence-corrected chi connectivity index (χ2v) is 8.53. The van der Waals surface area contributed by atoms with Crippen molar-refractivity contribution in [2.45, 2.75) is 25.4 Å². The fraction of sp³-hybridized carbons (Fsp3) is 0.261. The third-order valence-corrected chi connectivity index (χ3v) is 6.39. The lowest BCUT2D eigenvalue weighted by molar-refractivity contribution is -0.131. The Morgan fingerprint density at radius 3 is 2.47 bits per heavy atom. The van der Waals surface area contributed by atoms with E-state index in [1.165, 1.54) is 23.6 Å². The minimum Gasteiger partial charge on any atom is -0.324 e. The standard InChI is InChI=1S/C23H21N5O3S/c1-15(29)20-11-19(26-28(20)18-5-3-2-4-6-18)23(31)27-14-32-13-21(27)22(30)25-17-9-7-16(12-24)8-10-17/h2-10,20-21H,11,13-14H2,1H3,(H,25,30). The Balaban J connectivity index is 1.50. The largest absolute Gasteiger partial charge is 0.324 e. The quantitative estimate of drug-likeness (QED) is 0.755. The lowest BCUT2D eigenvalue weighted by atomic mass is 10.1. The van der Waals surface area contributed by atoms with Crippen LogP contribution in [0.25, 0.3) is 0 Å². The van der Waals surface area contributed by atoms with Crippen molar-refractivity contribution < 1.29 is 14.4 Å². The molecule has 2 aliphatic rings. The van der Waals surface area contributed by atoms with Crippen molar-refractivity contribution in [1.29, 1.82) is 5.26 Å². The van der Waals surface area contributed by atoms with E-state index in [2.05, 4.69) is 10.4 Å². The summed E-state index contributed by atoms with van der Waals surface area (Å²) in [6, 6.07) is 16.6. The fourth-order valence-electron chi connectivity index (χ4n) is 3.65. The number of hydrogen-bond acceptors (Lipinski definition) is 7. The summed E-state index contributed by atoms with van der Waals surface area (Å²) in [5, 5.41) is 17.8. The molecule has 2 heterocycles. The third kappa shape index (κ3) is 4.36. The highest BCUT2D eigenvalue weighted by Gasteiger charge is 2.41. The summed E-state index contributed by atoms with van der Waals surface area (Å²) in [7, 11) is 0. The molecule has 0 aromatic heterocycles. The maximum atomic E-state index is 13.3. The van der Waals surface area contributed by atoms with Crippen molar-refractivity contribution in [2.75, 3.05) is 22.0 Å². The monoisotopic (exact) mass is 447 g/mol. The van der Waals surface area contributed by atoms with E-state index in [-0.39, 0.29) is 29.7 Å². The Morgan fingerprint density at radius 1 is 1.09 bits per heavy atom. The minimum absolute atomic E-state index is 0.0775. The van der Waals surface area contributed by atoms with Gasteiger partial charge in [0.2, 0.25) is 5.91 Å². The van der Waals surface area contributed by atoms with Gasteiger partial charge >= 0.3 is 0 Å². The number of anilines is 2. The van der Waals surface area contributed by atoms with E-state index in [9.17, 15) is 14.4 Å². The van der Waals surface area contributed by atoms with Gasteiger partial charge in [0.25, 0.3) is 5.91 Å². The van der Waals surface area contributed by atoms with Gasteiger partial charge < -0.3 is 10.2 Å². The van der Waals surface area contributed by atoms with E-state index in [1.807, 2.05) is 36.4 Å². The Labute approximate surface area is 189 Å². The van der Waals surface area contributed by atoms with E-state index in [0.717, 1.165) is 5.69 Å². The number of carbonyl (C=O) groups excluding carboxylic acids is 3. The van der Waals surface area contributed by atoms with Gasteiger partial charge in [-0.05, 0) is 43.3 Å². The summed E-state index contributed by atoms with van der Waals surface area (Å²) in [6.45, 7) is 1.49. The van der Waals surface area contributed by atoms with Crippen LogP contribution in [0.1, 0.15) is 18.9 Å². The van der Waals surface area contributed by atoms with Gasteiger partial charge in [0, 0.05) is 17.9 Å². The summed E-state index contributed by atoms with van der Waals surface area (Å²) >= 11 is 1.49. The van der Waals surface area contributed by atoms with Crippen LogP contribution >= 0.6 is 11.8 Å². The molecule has 2 aliphatic heterocycles. The molecule has 2 aromatic rings. The third-order valence-electron chi connectivity index (χ3n) is 5.37. The summed E-state index contributed by atoms with van der Waals surface area (Å²) in [4.78, 5) is 39.9. The number of para-hydroxylation sites is 1. The van der Waals surface area contributed by atoms with Crippen molar-refractivity contribution in [1.82, 2.24) is 4.90 Å². The fourth-order valence-corrected chi connectivity index (χ4v) is 4.81. The van der Waals surface area contributed by atoms with E-state index < -0.39 is 12.1 Å². The Hall–Kier alpha value is -3.64. The maximum Gasteiger partial charge on any atom is 0.271 e. The molecule has 0 aliphatic carbocycles. The number of amides is 2. The molecule has 0 saturated carbocycles. The molecule has 4 rings (SSSR count). The molecule has 8 nitrogen and oxygen atoms in total. The molecule has 0 bridgehead atoms. The molecule has 1 fully saturated rings. The highest BCUT2D eigenvalue weighted by Crippen LogP contribution is 2.28. The number of rotatable bonds is 5. The van der Waals surface area contributed by atoms with Gasteiger partial charge in [0.05, 0.1) is 23.2 Å². The molecule has 2 unspecified atom stereocenters. The average Bonchev–Trinajstić information content (AvgIpc) is 3.48. The minimum atomic E-state index is -0.646. The van der Waals surface area contributed by atoms with Crippen molar-refractivity contribution in [2.24, 2.45) is 5.10 Å². The van der Waals surface area contributed by atoms with E-state index in [1.54, 1.807) is 29.3 Å². The normalized spacial score (nSPS) is 19.9. The van der Waals surface area contributed by atoms with E-state index in [4.69, 9.17) is 5.26 Å². The van der Waals surface area contributed by atoms with Crippen LogP contribution in [0.2, 0.25) is 0 Å². The number of hydrazone groups is 1. The van der Waals surface area contributed by atoms with Crippen LogP contribution in [0.4, 0.5) is 11.4 Å². The van der Waals surface area contributed by atoms with Gasteiger partial charge in [-0.1, -0.05) is 18.2 Å². The lowest BCUT2D eigenvalue weighted by Crippen LogP contribution is -2.47. The molecule has 9 heteroatoms. The molecule has 2 aromatic carbocycles. The van der Waals surface area contributed by atoms with E-state index >= 15 is 0 Å². The number of nitriles is 1. The molecule has 0 radical (unpaired) electrons. The van der Waals surface area contributed by atoms with Crippen LogP contribution in [0, 0.1) is 11.3 Å². The molecule has 32 heavy (non-hydrogen) atoms. The SMILES string of the molecule is CC(=O)C1CC(C(=O)N2CSCC2C(=O)Nc2ccc(C#N)cc2)=NN1c1ccccc1. The first-order chi connectivity index (χ1) is 15.5. The number of nitrogens with zero attached hydrogens (tertiary/aromatic N) is 4. The highest BCUT2D eigenvalue weighted by molar-refractivity contribution is 7.99. The Morgan fingerprint density at radius 2 is 1.81 bits per heavy atom.